The second kappa shape index (κ2) is 8.77. The third-order valence-corrected chi connectivity index (χ3v) is 1.06. The molecule has 0 heterocycles. The van der Waals surface area contributed by atoms with Gasteiger partial charge < -0.3 is 15.2 Å². The molecule has 1 atom stereocenters. The van der Waals surface area contributed by atoms with Crippen LogP contribution in [0.4, 0.5) is 0 Å². The lowest BCUT2D eigenvalue weighted by Gasteiger charge is -2.05. The van der Waals surface area contributed by atoms with Gasteiger partial charge in [0.15, 0.2) is 0 Å². The molecule has 0 saturated carbocycles. The molecular formula is C7H16ClNO3. The van der Waals surface area contributed by atoms with E-state index in [1.54, 1.807) is 0 Å². The van der Waals surface area contributed by atoms with Gasteiger partial charge in [-0.05, 0) is 6.92 Å². The van der Waals surface area contributed by atoms with Crippen LogP contribution in [-0.4, -0.2) is 32.3 Å². The Morgan fingerprint density at radius 1 is 1.58 bits per heavy atom. The predicted octanol–water partition coefficient (Wildman–Crippen LogP) is 0.335. The zero-order chi connectivity index (χ0) is 8.69. The Morgan fingerprint density at radius 2 is 2.17 bits per heavy atom. The van der Waals surface area contributed by atoms with Crippen LogP contribution in [0.25, 0.3) is 0 Å². The highest BCUT2D eigenvalue weighted by Crippen LogP contribution is 1.87. The van der Waals surface area contributed by atoms with Crippen molar-refractivity contribution in [3.05, 3.63) is 0 Å². The molecule has 0 aromatic rings. The van der Waals surface area contributed by atoms with E-state index >= 15 is 0 Å². The van der Waals surface area contributed by atoms with Gasteiger partial charge in [0.25, 0.3) is 0 Å². The van der Waals surface area contributed by atoms with Crippen molar-refractivity contribution in [2.45, 2.75) is 19.4 Å². The van der Waals surface area contributed by atoms with E-state index in [1.807, 2.05) is 6.92 Å². The summed E-state index contributed by atoms with van der Waals surface area (Å²) >= 11 is 0. The summed E-state index contributed by atoms with van der Waals surface area (Å²) in [6.45, 7) is 2.71. The number of nitrogens with two attached hydrogens (primary N) is 1. The van der Waals surface area contributed by atoms with Gasteiger partial charge in [0, 0.05) is 6.04 Å². The summed E-state index contributed by atoms with van der Waals surface area (Å²) in [6.07, 6.45) is 0.295. The molecule has 0 rings (SSSR count). The molecule has 1 unspecified atom stereocenters. The number of ether oxygens (including phenoxy) is 2. The fourth-order valence-electron chi connectivity index (χ4n) is 0.527. The molecule has 0 aromatic heterocycles. The average Bonchev–Trinajstić information content (AvgIpc) is 1.97. The van der Waals surface area contributed by atoms with E-state index in [0.717, 1.165) is 0 Å². The van der Waals surface area contributed by atoms with E-state index in [1.165, 1.54) is 7.11 Å². The molecule has 0 aromatic carbocycles. The number of hydrogen-bond acceptors (Lipinski definition) is 4. The largest absolute Gasteiger partial charge is 0.469 e. The average molecular weight is 198 g/mol. The van der Waals surface area contributed by atoms with E-state index in [-0.39, 0.29) is 24.4 Å². The second-order valence-corrected chi connectivity index (χ2v) is 2.38. The Kier molecular flexibility index (Phi) is 10.4. The fourth-order valence-corrected chi connectivity index (χ4v) is 0.527. The van der Waals surface area contributed by atoms with Gasteiger partial charge in [-0.15, -0.1) is 12.4 Å². The first kappa shape index (κ1) is 14.2. The van der Waals surface area contributed by atoms with E-state index < -0.39 is 0 Å². The third-order valence-electron chi connectivity index (χ3n) is 1.06. The maximum absolute atomic E-state index is 10.5. The fraction of sp³-hybridized carbons (Fsp3) is 0.857. The van der Waals surface area contributed by atoms with Crippen molar-refractivity contribution in [2.75, 3.05) is 20.3 Å². The number of methoxy groups -OCH3 is 1. The summed E-state index contributed by atoms with van der Waals surface area (Å²) in [4.78, 5) is 10.5. The summed E-state index contributed by atoms with van der Waals surface area (Å²) in [5.74, 6) is -0.255. The Bertz CT molecular complexity index is 119. The number of esters is 1. The smallest absolute Gasteiger partial charge is 0.307 e. The number of carbonyl (C=O) groups is 1. The van der Waals surface area contributed by atoms with E-state index in [4.69, 9.17) is 10.5 Å². The second-order valence-electron chi connectivity index (χ2n) is 2.38. The van der Waals surface area contributed by atoms with Gasteiger partial charge in [0.1, 0.15) is 0 Å². The van der Waals surface area contributed by atoms with Gasteiger partial charge in [-0.3, -0.25) is 4.79 Å². The predicted molar refractivity (Wildman–Crippen MR) is 48.3 cm³/mol. The van der Waals surface area contributed by atoms with Crippen LogP contribution in [-0.2, 0) is 14.3 Å². The van der Waals surface area contributed by atoms with Crippen LogP contribution in [0.1, 0.15) is 13.3 Å². The number of carbonyl (C=O) groups excluding carboxylic acids is 1. The van der Waals surface area contributed by atoms with Crippen LogP contribution in [0.3, 0.4) is 0 Å². The van der Waals surface area contributed by atoms with Crippen LogP contribution in [0, 0.1) is 0 Å². The molecule has 74 valence electrons. The molecule has 0 radical (unpaired) electrons. The maximum Gasteiger partial charge on any atom is 0.307 e. The normalized spacial score (nSPS) is 11.6. The van der Waals surface area contributed by atoms with Gasteiger partial charge in [0.2, 0.25) is 0 Å². The maximum atomic E-state index is 10.5. The summed E-state index contributed by atoms with van der Waals surface area (Å²) < 4.78 is 9.45. The molecule has 0 aliphatic carbocycles. The molecule has 0 spiro atoms. The van der Waals surface area contributed by atoms with Crippen LogP contribution >= 0.6 is 12.4 Å². The Hall–Kier alpha value is -0.320. The minimum Gasteiger partial charge on any atom is -0.469 e. The molecular weight excluding hydrogens is 182 g/mol. The Morgan fingerprint density at radius 3 is 2.58 bits per heavy atom. The third kappa shape index (κ3) is 9.68. The molecule has 0 saturated heterocycles. The van der Waals surface area contributed by atoms with Crippen LogP contribution < -0.4 is 5.73 Å². The van der Waals surface area contributed by atoms with Crippen LogP contribution in [0.15, 0.2) is 0 Å². The quantitative estimate of drug-likeness (QED) is 0.510. The first-order valence-electron chi connectivity index (χ1n) is 3.57. The minimum atomic E-state index is -0.255. The lowest BCUT2D eigenvalue weighted by molar-refractivity contribution is -0.141. The summed E-state index contributed by atoms with van der Waals surface area (Å²) in [7, 11) is 1.36. The van der Waals surface area contributed by atoms with Crippen molar-refractivity contribution in [1.29, 1.82) is 0 Å². The van der Waals surface area contributed by atoms with Crippen molar-refractivity contribution in [2.24, 2.45) is 5.73 Å². The first-order valence-corrected chi connectivity index (χ1v) is 3.57. The topological polar surface area (TPSA) is 61.5 Å². The zero-order valence-electron chi connectivity index (χ0n) is 7.41. The van der Waals surface area contributed by atoms with Gasteiger partial charge in [-0.25, -0.2) is 0 Å². The summed E-state index contributed by atoms with van der Waals surface area (Å²) in [5, 5.41) is 0. The van der Waals surface area contributed by atoms with E-state index in [2.05, 4.69) is 4.74 Å². The van der Waals surface area contributed by atoms with Crippen molar-refractivity contribution in [1.82, 2.24) is 0 Å². The molecule has 0 aliphatic heterocycles. The molecule has 12 heavy (non-hydrogen) atoms. The standard InChI is InChI=1S/C7H15NO3.ClH/c1-6(8)5-11-4-3-7(9)10-2;/h6H,3-5,8H2,1-2H3;1H. The van der Waals surface area contributed by atoms with Gasteiger partial charge in [0.05, 0.1) is 26.7 Å². The Balaban J connectivity index is 0. The minimum absolute atomic E-state index is 0. The Labute approximate surface area is 78.8 Å². The molecule has 4 nitrogen and oxygen atoms in total. The van der Waals surface area contributed by atoms with E-state index in [9.17, 15) is 4.79 Å². The lowest BCUT2D eigenvalue weighted by atomic mass is 10.4. The summed E-state index contributed by atoms with van der Waals surface area (Å²) in [6, 6.07) is 0.0210. The van der Waals surface area contributed by atoms with Crippen LogP contribution in [0.2, 0.25) is 0 Å². The number of halogens is 1. The molecule has 0 amide bonds. The lowest BCUT2D eigenvalue weighted by Crippen LogP contribution is -2.22. The SMILES string of the molecule is COC(=O)CCOCC(C)N.Cl. The highest BCUT2D eigenvalue weighted by Gasteiger charge is 1.99. The van der Waals surface area contributed by atoms with Gasteiger partial charge in [-0.1, -0.05) is 0 Å². The first-order chi connectivity index (χ1) is 5.16. The summed E-state index contributed by atoms with van der Waals surface area (Å²) in [5.41, 5.74) is 5.40. The molecule has 5 heteroatoms. The molecule has 0 fully saturated rings. The van der Waals surface area contributed by atoms with Crippen molar-refractivity contribution < 1.29 is 14.3 Å². The van der Waals surface area contributed by atoms with E-state index in [0.29, 0.717) is 19.6 Å². The highest BCUT2D eigenvalue weighted by atomic mass is 35.5. The molecule has 2 N–H and O–H groups in total. The zero-order valence-corrected chi connectivity index (χ0v) is 8.23. The molecule has 0 bridgehead atoms. The van der Waals surface area contributed by atoms with Crippen molar-refractivity contribution in [3.8, 4) is 0 Å². The van der Waals surface area contributed by atoms with Crippen molar-refractivity contribution >= 4 is 18.4 Å². The van der Waals surface area contributed by atoms with Crippen LogP contribution in [0.5, 0.6) is 0 Å². The van der Waals surface area contributed by atoms with Crippen molar-refractivity contribution in [3.63, 3.8) is 0 Å². The number of rotatable bonds is 5. The monoisotopic (exact) mass is 197 g/mol. The molecule has 0 aliphatic rings. The van der Waals surface area contributed by atoms with Gasteiger partial charge in [-0.2, -0.15) is 0 Å². The van der Waals surface area contributed by atoms with Gasteiger partial charge >= 0.3 is 5.97 Å². The number of hydrogen-bond donors (Lipinski definition) is 1. The highest BCUT2D eigenvalue weighted by molar-refractivity contribution is 5.85.